The summed E-state index contributed by atoms with van der Waals surface area (Å²) in [5.74, 6) is 2.09. The van der Waals surface area contributed by atoms with Crippen molar-refractivity contribution in [1.29, 1.82) is 0 Å². The van der Waals surface area contributed by atoms with Crippen molar-refractivity contribution in [3.63, 3.8) is 0 Å². The van der Waals surface area contributed by atoms with Crippen molar-refractivity contribution in [3.05, 3.63) is 75.9 Å². The van der Waals surface area contributed by atoms with Gasteiger partial charge in [0.1, 0.15) is 5.82 Å². The van der Waals surface area contributed by atoms with Crippen LogP contribution in [0.25, 0.3) is 0 Å². The van der Waals surface area contributed by atoms with Crippen LogP contribution in [0.1, 0.15) is 43.5 Å². The second kappa shape index (κ2) is 11.4. The van der Waals surface area contributed by atoms with Crippen LogP contribution in [0.2, 0.25) is 0 Å². The highest BCUT2D eigenvalue weighted by Crippen LogP contribution is 2.33. The first-order chi connectivity index (χ1) is 15.4. The number of hydrogen-bond donors (Lipinski definition) is 0. The topological polar surface area (TPSA) is 41.5 Å². The summed E-state index contributed by atoms with van der Waals surface area (Å²) in [5, 5.41) is 0. The predicted molar refractivity (Wildman–Crippen MR) is 137 cm³/mol. The van der Waals surface area contributed by atoms with E-state index in [1.807, 2.05) is 19.1 Å². The average Bonchev–Trinajstić information content (AvgIpc) is 2.78. The molecule has 1 heterocycles. The predicted octanol–water partition coefficient (Wildman–Crippen LogP) is 6.48. The lowest BCUT2D eigenvalue weighted by Gasteiger charge is -2.27. The molecule has 0 unspecified atom stereocenters. The molecule has 5 nitrogen and oxygen atoms in total. The molecule has 1 aromatic heterocycles. The number of hydrogen-bond acceptors (Lipinski definition) is 5. The normalized spacial score (nSPS) is 11.1. The molecule has 170 valence electrons. The quantitative estimate of drug-likeness (QED) is 0.321. The van der Waals surface area contributed by atoms with Crippen molar-refractivity contribution in [2.45, 2.75) is 40.2 Å². The van der Waals surface area contributed by atoms with Gasteiger partial charge in [-0.3, -0.25) is 0 Å². The number of halogens is 1. The van der Waals surface area contributed by atoms with Crippen LogP contribution in [-0.2, 0) is 11.3 Å². The molecule has 6 heteroatoms. The van der Waals surface area contributed by atoms with Crippen LogP contribution in [0.15, 0.2) is 59.1 Å². The molecule has 3 aromatic rings. The number of rotatable bonds is 10. The third kappa shape index (κ3) is 6.08. The fourth-order valence-corrected chi connectivity index (χ4v) is 4.23. The van der Waals surface area contributed by atoms with Crippen LogP contribution in [0, 0.1) is 6.92 Å². The van der Waals surface area contributed by atoms with Crippen molar-refractivity contribution >= 4 is 33.4 Å². The van der Waals surface area contributed by atoms with E-state index in [0.29, 0.717) is 18.5 Å². The maximum atomic E-state index is 5.37. The highest BCUT2D eigenvalue weighted by atomic mass is 79.9. The summed E-state index contributed by atoms with van der Waals surface area (Å²) < 4.78 is 6.43. The van der Waals surface area contributed by atoms with Gasteiger partial charge in [0.15, 0.2) is 0 Å². The Labute approximate surface area is 200 Å². The van der Waals surface area contributed by atoms with E-state index < -0.39 is 0 Å². The molecule has 32 heavy (non-hydrogen) atoms. The van der Waals surface area contributed by atoms with Gasteiger partial charge in [0, 0.05) is 43.0 Å². The molecule has 0 saturated heterocycles. The SMILES string of the molecule is CCN(c1nc(C)cc(N(CCOC)Cc2ccccc2)n1)c1ccc(C(C)C)cc1Br. The average molecular weight is 497 g/mol. The Morgan fingerprint density at radius 1 is 1.03 bits per heavy atom. The van der Waals surface area contributed by atoms with E-state index >= 15 is 0 Å². The number of aryl methyl sites for hydroxylation is 1. The molecule has 0 atom stereocenters. The van der Waals surface area contributed by atoms with Gasteiger partial charge in [-0.15, -0.1) is 0 Å². The summed E-state index contributed by atoms with van der Waals surface area (Å²) in [4.78, 5) is 14.2. The van der Waals surface area contributed by atoms with E-state index in [-0.39, 0.29) is 0 Å². The number of aromatic nitrogens is 2. The number of nitrogens with zero attached hydrogens (tertiary/aromatic N) is 4. The minimum absolute atomic E-state index is 0.476. The van der Waals surface area contributed by atoms with Crippen LogP contribution in [0.4, 0.5) is 17.5 Å². The fourth-order valence-electron chi connectivity index (χ4n) is 3.62. The highest BCUT2D eigenvalue weighted by molar-refractivity contribution is 9.10. The Morgan fingerprint density at radius 3 is 2.41 bits per heavy atom. The van der Waals surface area contributed by atoms with E-state index in [4.69, 9.17) is 14.7 Å². The second-order valence-corrected chi connectivity index (χ2v) is 9.03. The van der Waals surface area contributed by atoms with E-state index in [1.165, 1.54) is 11.1 Å². The molecule has 0 amide bonds. The lowest BCUT2D eigenvalue weighted by molar-refractivity contribution is 0.205. The summed E-state index contributed by atoms with van der Waals surface area (Å²) in [7, 11) is 1.73. The second-order valence-electron chi connectivity index (χ2n) is 8.18. The molecule has 2 aromatic carbocycles. The van der Waals surface area contributed by atoms with E-state index in [1.54, 1.807) is 7.11 Å². The zero-order chi connectivity index (χ0) is 23.1. The lowest BCUT2D eigenvalue weighted by atomic mass is 10.0. The van der Waals surface area contributed by atoms with Crippen molar-refractivity contribution in [3.8, 4) is 0 Å². The summed E-state index contributed by atoms with van der Waals surface area (Å²) in [6, 6.07) is 19.0. The van der Waals surface area contributed by atoms with Gasteiger partial charge in [0.25, 0.3) is 0 Å². The van der Waals surface area contributed by atoms with Gasteiger partial charge in [-0.1, -0.05) is 50.2 Å². The molecule has 0 aliphatic heterocycles. The van der Waals surface area contributed by atoms with Crippen LogP contribution in [0.3, 0.4) is 0 Å². The van der Waals surface area contributed by atoms with Crippen molar-refractivity contribution in [2.75, 3.05) is 36.6 Å². The van der Waals surface area contributed by atoms with Gasteiger partial charge in [-0.25, -0.2) is 4.98 Å². The van der Waals surface area contributed by atoms with E-state index in [9.17, 15) is 0 Å². The summed E-state index contributed by atoms with van der Waals surface area (Å²) >= 11 is 3.77. The third-order valence-corrected chi connectivity index (χ3v) is 6.06. The summed E-state index contributed by atoms with van der Waals surface area (Å²) in [6.07, 6.45) is 0. The van der Waals surface area contributed by atoms with Gasteiger partial charge in [-0.2, -0.15) is 4.98 Å². The van der Waals surface area contributed by atoms with E-state index in [0.717, 1.165) is 41.3 Å². The molecular formula is C26H33BrN4O. The van der Waals surface area contributed by atoms with Gasteiger partial charge < -0.3 is 14.5 Å². The molecule has 0 radical (unpaired) electrons. The zero-order valence-electron chi connectivity index (χ0n) is 19.7. The monoisotopic (exact) mass is 496 g/mol. The Balaban J connectivity index is 1.97. The zero-order valence-corrected chi connectivity index (χ0v) is 21.3. The van der Waals surface area contributed by atoms with Crippen molar-refractivity contribution < 1.29 is 4.74 Å². The Bertz CT molecular complexity index is 1010. The van der Waals surface area contributed by atoms with Gasteiger partial charge >= 0.3 is 0 Å². The maximum absolute atomic E-state index is 5.37. The molecule has 0 fully saturated rings. The first-order valence-corrected chi connectivity index (χ1v) is 11.9. The van der Waals surface area contributed by atoms with Crippen LogP contribution < -0.4 is 9.80 Å². The van der Waals surface area contributed by atoms with Crippen LogP contribution in [0.5, 0.6) is 0 Å². The largest absolute Gasteiger partial charge is 0.383 e. The first kappa shape index (κ1) is 24.2. The van der Waals surface area contributed by atoms with Crippen LogP contribution >= 0.6 is 15.9 Å². The Kier molecular flexibility index (Phi) is 8.65. The molecule has 3 rings (SSSR count). The number of benzene rings is 2. The molecule has 0 N–H and O–H groups in total. The molecule has 0 bridgehead atoms. The number of ether oxygens (including phenoxy) is 1. The number of anilines is 3. The smallest absolute Gasteiger partial charge is 0.232 e. The first-order valence-electron chi connectivity index (χ1n) is 11.1. The third-order valence-electron chi connectivity index (χ3n) is 5.42. The van der Waals surface area contributed by atoms with Crippen molar-refractivity contribution in [2.24, 2.45) is 0 Å². The molecular weight excluding hydrogens is 464 g/mol. The maximum Gasteiger partial charge on any atom is 0.232 e. The lowest BCUT2D eigenvalue weighted by Crippen LogP contribution is -2.29. The highest BCUT2D eigenvalue weighted by Gasteiger charge is 2.18. The fraction of sp³-hybridized carbons (Fsp3) is 0.385. The van der Waals surface area contributed by atoms with Gasteiger partial charge in [-0.05, 0) is 59.0 Å². The molecule has 0 aliphatic rings. The minimum atomic E-state index is 0.476. The Hall–Kier alpha value is -2.44. The molecule has 0 saturated carbocycles. The van der Waals surface area contributed by atoms with Crippen molar-refractivity contribution in [1.82, 2.24) is 9.97 Å². The van der Waals surface area contributed by atoms with Gasteiger partial charge in [0.2, 0.25) is 5.95 Å². The van der Waals surface area contributed by atoms with E-state index in [2.05, 4.69) is 89.0 Å². The molecule has 0 spiro atoms. The molecule has 0 aliphatic carbocycles. The summed E-state index contributed by atoms with van der Waals surface area (Å²) in [5.41, 5.74) is 4.55. The minimum Gasteiger partial charge on any atom is -0.383 e. The van der Waals surface area contributed by atoms with Gasteiger partial charge in [0.05, 0.1) is 12.3 Å². The van der Waals surface area contributed by atoms with Crippen LogP contribution in [-0.4, -0.2) is 36.8 Å². The summed E-state index contributed by atoms with van der Waals surface area (Å²) in [6.45, 7) is 11.5. The number of methoxy groups -OCH3 is 1. The Morgan fingerprint density at radius 2 is 1.78 bits per heavy atom. The standard InChI is InChI=1S/C26H33BrN4O/c1-6-31(24-13-12-22(19(2)3)17-23(24)27)26-28-20(4)16-25(29-26)30(14-15-32-5)18-21-10-8-7-9-11-21/h7-13,16-17,19H,6,14-15,18H2,1-5H3.